The first-order valence-corrected chi connectivity index (χ1v) is 7.66. The molecule has 5 heteroatoms. The average Bonchev–Trinajstić information content (AvgIpc) is 2.45. The lowest BCUT2D eigenvalue weighted by atomic mass is 10.00. The summed E-state index contributed by atoms with van der Waals surface area (Å²) in [6.45, 7) is 2.42. The van der Waals surface area contributed by atoms with Crippen LogP contribution in [-0.2, 0) is 4.74 Å². The molecule has 19 heavy (non-hydrogen) atoms. The van der Waals surface area contributed by atoms with Crippen LogP contribution in [0.15, 0.2) is 23.1 Å². The SMILES string of the molecule is CSc1cccc(NCC2CCOCC2)c1C(=O)O. The number of nitrogens with one attached hydrogen (secondary N) is 1. The van der Waals surface area contributed by atoms with Crippen molar-refractivity contribution < 1.29 is 14.6 Å². The smallest absolute Gasteiger partial charge is 0.338 e. The van der Waals surface area contributed by atoms with Gasteiger partial charge in [0, 0.05) is 30.3 Å². The van der Waals surface area contributed by atoms with Gasteiger partial charge >= 0.3 is 5.97 Å². The van der Waals surface area contributed by atoms with E-state index in [0.29, 0.717) is 17.2 Å². The van der Waals surface area contributed by atoms with E-state index in [1.165, 1.54) is 11.8 Å². The number of carbonyl (C=O) groups is 1. The lowest BCUT2D eigenvalue weighted by Crippen LogP contribution is -2.23. The highest BCUT2D eigenvalue weighted by atomic mass is 32.2. The van der Waals surface area contributed by atoms with Crippen molar-refractivity contribution in [1.29, 1.82) is 0 Å². The summed E-state index contributed by atoms with van der Waals surface area (Å²) in [7, 11) is 0. The van der Waals surface area contributed by atoms with E-state index >= 15 is 0 Å². The predicted octanol–water partition coefficient (Wildman–Crippen LogP) is 2.95. The Morgan fingerprint density at radius 1 is 1.47 bits per heavy atom. The summed E-state index contributed by atoms with van der Waals surface area (Å²) in [5.41, 5.74) is 1.09. The molecule has 2 rings (SSSR count). The Bertz CT molecular complexity index is 444. The minimum atomic E-state index is -0.876. The van der Waals surface area contributed by atoms with Gasteiger partial charge in [0.2, 0.25) is 0 Å². The molecule has 0 bridgehead atoms. The first-order chi connectivity index (χ1) is 9.22. The van der Waals surface area contributed by atoms with Crippen molar-refractivity contribution >= 4 is 23.4 Å². The molecule has 104 valence electrons. The molecule has 0 aliphatic carbocycles. The molecule has 0 unspecified atom stereocenters. The summed E-state index contributed by atoms with van der Waals surface area (Å²) in [6.07, 6.45) is 3.97. The van der Waals surface area contributed by atoms with Crippen molar-refractivity contribution in [2.45, 2.75) is 17.7 Å². The second-order valence-electron chi connectivity index (χ2n) is 4.62. The minimum Gasteiger partial charge on any atom is -0.478 e. The Morgan fingerprint density at radius 2 is 2.21 bits per heavy atom. The monoisotopic (exact) mass is 281 g/mol. The number of thioether (sulfide) groups is 1. The second kappa shape index (κ2) is 6.82. The van der Waals surface area contributed by atoms with E-state index in [1.54, 1.807) is 0 Å². The number of ether oxygens (including phenoxy) is 1. The van der Waals surface area contributed by atoms with Crippen LogP contribution < -0.4 is 5.32 Å². The van der Waals surface area contributed by atoms with Gasteiger partial charge in [0.25, 0.3) is 0 Å². The third-order valence-electron chi connectivity index (χ3n) is 3.38. The second-order valence-corrected chi connectivity index (χ2v) is 5.47. The molecular formula is C14H19NO3S. The first kappa shape index (κ1) is 14.2. The zero-order chi connectivity index (χ0) is 13.7. The van der Waals surface area contributed by atoms with Gasteiger partial charge in [-0.2, -0.15) is 0 Å². The van der Waals surface area contributed by atoms with Crippen LogP contribution >= 0.6 is 11.8 Å². The van der Waals surface area contributed by atoms with Crippen LogP contribution in [0.2, 0.25) is 0 Å². The van der Waals surface area contributed by atoms with Crippen LogP contribution in [0.25, 0.3) is 0 Å². The van der Waals surface area contributed by atoms with E-state index < -0.39 is 5.97 Å². The van der Waals surface area contributed by atoms with Crippen molar-refractivity contribution in [2.24, 2.45) is 5.92 Å². The van der Waals surface area contributed by atoms with E-state index in [4.69, 9.17) is 4.74 Å². The Labute approximate surface area is 117 Å². The summed E-state index contributed by atoms with van der Waals surface area (Å²) in [6, 6.07) is 5.57. The molecule has 0 atom stereocenters. The van der Waals surface area contributed by atoms with Gasteiger partial charge in [-0.15, -0.1) is 11.8 Å². The normalized spacial score (nSPS) is 16.3. The van der Waals surface area contributed by atoms with Crippen LogP contribution in [0.1, 0.15) is 23.2 Å². The molecule has 0 spiro atoms. The Hall–Kier alpha value is -1.20. The van der Waals surface area contributed by atoms with Crippen molar-refractivity contribution in [1.82, 2.24) is 0 Å². The fourth-order valence-corrected chi connectivity index (χ4v) is 2.89. The van der Waals surface area contributed by atoms with Crippen molar-refractivity contribution in [3.05, 3.63) is 23.8 Å². The summed E-state index contributed by atoms with van der Waals surface area (Å²) in [5, 5.41) is 12.6. The quantitative estimate of drug-likeness (QED) is 0.813. The van der Waals surface area contributed by atoms with Crippen LogP contribution in [0.4, 0.5) is 5.69 Å². The fourth-order valence-electron chi connectivity index (χ4n) is 2.27. The molecule has 1 aromatic rings. The van der Waals surface area contributed by atoms with Crippen LogP contribution in [0.3, 0.4) is 0 Å². The van der Waals surface area contributed by atoms with Gasteiger partial charge in [-0.25, -0.2) is 4.79 Å². The van der Waals surface area contributed by atoms with E-state index in [-0.39, 0.29) is 0 Å². The molecule has 1 aliphatic heterocycles. The molecule has 4 nitrogen and oxygen atoms in total. The number of anilines is 1. The first-order valence-electron chi connectivity index (χ1n) is 6.44. The van der Waals surface area contributed by atoms with Gasteiger partial charge in [-0.05, 0) is 37.1 Å². The van der Waals surface area contributed by atoms with Crippen molar-refractivity contribution in [3.8, 4) is 0 Å². The van der Waals surface area contributed by atoms with Gasteiger partial charge in [-0.1, -0.05) is 6.07 Å². The zero-order valence-electron chi connectivity index (χ0n) is 11.0. The number of carboxylic acids is 1. The number of hydrogen-bond donors (Lipinski definition) is 2. The van der Waals surface area contributed by atoms with Crippen LogP contribution in [0, 0.1) is 5.92 Å². The van der Waals surface area contributed by atoms with Crippen molar-refractivity contribution in [2.75, 3.05) is 31.3 Å². The van der Waals surface area contributed by atoms with Gasteiger partial charge in [0.15, 0.2) is 0 Å². The Balaban J connectivity index is 2.08. The molecule has 1 aromatic carbocycles. The highest BCUT2D eigenvalue weighted by Gasteiger charge is 2.17. The molecule has 0 aromatic heterocycles. The summed E-state index contributed by atoms with van der Waals surface area (Å²) in [5.74, 6) is -0.312. The topological polar surface area (TPSA) is 58.6 Å². The summed E-state index contributed by atoms with van der Waals surface area (Å²) >= 11 is 1.46. The molecule has 0 radical (unpaired) electrons. The Morgan fingerprint density at radius 3 is 2.84 bits per heavy atom. The molecule has 2 N–H and O–H groups in total. The van der Waals surface area contributed by atoms with E-state index in [2.05, 4.69) is 5.32 Å². The van der Waals surface area contributed by atoms with E-state index in [0.717, 1.165) is 37.5 Å². The number of hydrogen-bond acceptors (Lipinski definition) is 4. The number of rotatable bonds is 5. The Kier molecular flexibility index (Phi) is 5.10. The largest absolute Gasteiger partial charge is 0.478 e. The molecule has 0 amide bonds. The molecule has 1 saturated heterocycles. The van der Waals surface area contributed by atoms with Gasteiger partial charge in [-0.3, -0.25) is 0 Å². The number of aromatic carboxylic acids is 1. The maximum absolute atomic E-state index is 11.4. The molecular weight excluding hydrogens is 262 g/mol. The molecule has 1 fully saturated rings. The maximum Gasteiger partial charge on any atom is 0.338 e. The maximum atomic E-state index is 11.4. The summed E-state index contributed by atoms with van der Waals surface area (Å²) in [4.78, 5) is 12.2. The van der Waals surface area contributed by atoms with E-state index in [9.17, 15) is 9.90 Å². The van der Waals surface area contributed by atoms with Gasteiger partial charge in [0.1, 0.15) is 0 Å². The molecule has 0 saturated carbocycles. The number of carboxylic acid groups (broad SMARTS) is 1. The van der Waals surface area contributed by atoms with Crippen LogP contribution in [0.5, 0.6) is 0 Å². The highest BCUT2D eigenvalue weighted by Crippen LogP contribution is 2.27. The fraction of sp³-hybridized carbons (Fsp3) is 0.500. The van der Waals surface area contributed by atoms with Crippen LogP contribution in [-0.4, -0.2) is 37.1 Å². The lowest BCUT2D eigenvalue weighted by Gasteiger charge is -2.23. The third-order valence-corrected chi connectivity index (χ3v) is 4.16. The minimum absolute atomic E-state index is 0.377. The van der Waals surface area contributed by atoms with Gasteiger partial charge < -0.3 is 15.2 Å². The molecule has 1 heterocycles. The predicted molar refractivity (Wildman–Crippen MR) is 77.2 cm³/mol. The average molecular weight is 281 g/mol. The lowest BCUT2D eigenvalue weighted by molar-refractivity contribution is 0.0686. The zero-order valence-corrected chi connectivity index (χ0v) is 11.8. The highest BCUT2D eigenvalue weighted by molar-refractivity contribution is 7.98. The van der Waals surface area contributed by atoms with Gasteiger partial charge in [0.05, 0.1) is 5.56 Å². The van der Waals surface area contributed by atoms with E-state index in [1.807, 2.05) is 24.5 Å². The third kappa shape index (κ3) is 3.64. The number of benzene rings is 1. The van der Waals surface area contributed by atoms with Crippen molar-refractivity contribution in [3.63, 3.8) is 0 Å². The standard InChI is InChI=1S/C14H19NO3S/c1-19-12-4-2-3-11(13(12)14(16)17)15-9-10-5-7-18-8-6-10/h2-4,10,15H,5-9H2,1H3,(H,16,17). The summed E-state index contributed by atoms with van der Waals surface area (Å²) < 4.78 is 5.32. The molecule has 1 aliphatic rings.